The highest BCUT2D eigenvalue weighted by Crippen LogP contribution is 2.47. The van der Waals surface area contributed by atoms with Crippen molar-refractivity contribution in [3.8, 4) is 0 Å². The number of nitrogens with one attached hydrogen (secondary N) is 2. The Labute approximate surface area is 186 Å². The number of carbonyl (C=O) groups excluding carboxylic acids is 2. The van der Waals surface area contributed by atoms with E-state index in [-0.39, 0.29) is 23.7 Å². The van der Waals surface area contributed by atoms with Crippen LogP contribution in [0.3, 0.4) is 0 Å². The fourth-order valence-corrected chi connectivity index (χ4v) is 3.57. The van der Waals surface area contributed by atoms with Crippen molar-refractivity contribution in [3.05, 3.63) is 101 Å². The van der Waals surface area contributed by atoms with Crippen molar-refractivity contribution in [1.29, 1.82) is 0 Å². The Kier molecular flexibility index (Phi) is 6.14. The first-order chi connectivity index (χ1) is 15.0. The van der Waals surface area contributed by atoms with Gasteiger partial charge in [-0.25, -0.2) is 5.43 Å². The summed E-state index contributed by atoms with van der Waals surface area (Å²) in [4.78, 5) is 24.7. The Morgan fingerprint density at radius 2 is 1.55 bits per heavy atom. The van der Waals surface area contributed by atoms with Gasteiger partial charge in [-0.05, 0) is 66.8 Å². The number of nitrogens with zero attached hydrogens (tertiary/aromatic N) is 1. The molecule has 0 aliphatic heterocycles. The molecule has 0 radical (unpaired) electrons. The number of hydrogen-bond acceptors (Lipinski definition) is 3. The van der Waals surface area contributed by atoms with Gasteiger partial charge in [-0.2, -0.15) is 5.10 Å². The molecule has 1 fully saturated rings. The summed E-state index contributed by atoms with van der Waals surface area (Å²) >= 11 is 5.86. The molecule has 0 heterocycles. The van der Waals surface area contributed by atoms with Crippen molar-refractivity contribution in [2.45, 2.75) is 19.3 Å². The van der Waals surface area contributed by atoms with Gasteiger partial charge in [0.05, 0.1) is 5.71 Å². The van der Waals surface area contributed by atoms with E-state index in [1.165, 1.54) is 5.56 Å². The number of carbonyl (C=O) groups is 2. The first-order valence-electron chi connectivity index (χ1n) is 10.1. The van der Waals surface area contributed by atoms with Gasteiger partial charge in [-0.15, -0.1) is 0 Å². The summed E-state index contributed by atoms with van der Waals surface area (Å²) in [6.07, 6.45) is 0.854. The maximum absolute atomic E-state index is 12.4. The Balaban J connectivity index is 1.32. The summed E-state index contributed by atoms with van der Waals surface area (Å²) in [6, 6.07) is 24.1. The van der Waals surface area contributed by atoms with E-state index in [2.05, 4.69) is 28.0 Å². The van der Waals surface area contributed by atoms with Crippen molar-refractivity contribution < 1.29 is 9.59 Å². The van der Waals surface area contributed by atoms with Crippen molar-refractivity contribution in [2.24, 2.45) is 11.0 Å². The van der Waals surface area contributed by atoms with E-state index in [1.54, 1.807) is 36.4 Å². The van der Waals surface area contributed by atoms with E-state index in [9.17, 15) is 9.59 Å². The monoisotopic (exact) mass is 431 g/mol. The quantitative estimate of drug-likeness (QED) is 0.414. The van der Waals surface area contributed by atoms with Crippen molar-refractivity contribution in [2.75, 3.05) is 5.32 Å². The van der Waals surface area contributed by atoms with E-state index < -0.39 is 0 Å². The lowest BCUT2D eigenvalue weighted by Crippen LogP contribution is -2.21. The Hall–Kier alpha value is -3.44. The molecular weight excluding hydrogens is 410 g/mol. The molecule has 0 bridgehead atoms. The average Bonchev–Trinajstić information content (AvgIpc) is 3.60. The van der Waals surface area contributed by atoms with Crippen LogP contribution in [-0.4, -0.2) is 17.5 Å². The molecule has 0 spiro atoms. The molecule has 3 aromatic carbocycles. The molecule has 2 atom stereocenters. The second-order valence-corrected chi connectivity index (χ2v) is 8.01. The van der Waals surface area contributed by atoms with Crippen LogP contribution in [0.4, 0.5) is 5.69 Å². The van der Waals surface area contributed by atoms with Gasteiger partial charge in [0.15, 0.2) is 0 Å². The number of hydrogen-bond donors (Lipinski definition) is 2. The van der Waals surface area contributed by atoms with Crippen molar-refractivity contribution >= 4 is 34.8 Å². The molecule has 1 aliphatic rings. The van der Waals surface area contributed by atoms with Gasteiger partial charge in [0.1, 0.15) is 0 Å². The van der Waals surface area contributed by atoms with Gasteiger partial charge in [-0.3, -0.25) is 9.59 Å². The molecule has 156 valence electrons. The molecular formula is C25H22ClN3O2. The molecule has 1 aliphatic carbocycles. The van der Waals surface area contributed by atoms with Crippen molar-refractivity contribution in [1.82, 2.24) is 5.43 Å². The van der Waals surface area contributed by atoms with Gasteiger partial charge >= 0.3 is 0 Å². The van der Waals surface area contributed by atoms with E-state index in [1.807, 2.05) is 37.3 Å². The molecule has 4 rings (SSSR count). The minimum Gasteiger partial charge on any atom is -0.322 e. The molecule has 0 saturated heterocycles. The number of hydrazone groups is 1. The summed E-state index contributed by atoms with van der Waals surface area (Å²) in [6.45, 7) is 1.84. The lowest BCUT2D eigenvalue weighted by molar-refractivity contribution is -0.122. The molecule has 5 nitrogen and oxygen atoms in total. The van der Waals surface area contributed by atoms with Crippen LogP contribution in [-0.2, 0) is 4.79 Å². The van der Waals surface area contributed by atoms with Gasteiger partial charge in [0.2, 0.25) is 5.91 Å². The van der Waals surface area contributed by atoms with Gasteiger partial charge in [-0.1, -0.05) is 54.1 Å². The van der Waals surface area contributed by atoms with Crippen LogP contribution in [0.1, 0.15) is 40.7 Å². The predicted octanol–water partition coefficient (Wildman–Crippen LogP) is 5.24. The third-order valence-electron chi connectivity index (χ3n) is 5.36. The van der Waals surface area contributed by atoms with Crippen LogP contribution in [0, 0.1) is 5.92 Å². The largest absolute Gasteiger partial charge is 0.322 e. The normalized spacial score (nSPS) is 17.7. The highest BCUT2D eigenvalue weighted by Gasteiger charge is 2.43. The molecule has 2 N–H and O–H groups in total. The number of anilines is 1. The lowest BCUT2D eigenvalue weighted by atomic mass is 10.1. The smallest absolute Gasteiger partial charge is 0.255 e. The zero-order chi connectivity index (χ0) is 21.8. The second-order valence-electron chi connectivity index (χ2n) is 7.57. The van der Waals surface area contributed by atoms with Gasteiger partial charge in [0, 0.05) is 22.2 Å². The van der Waals surface area contributed by atoms with Crippen molar-refractivity contribution in [3.63, 3.8) is 0 Å². The zero-order valence-corrected chi connectivity index (χ0v) is 17.8. The van der Waals surface area contributed by atoms with E-state index >= 15 is 0 Å². The highest BCUT2D eigenvalue weighted by molar-refractivity contribution is 6.30. The van der Waals surface area contributed by atoms with Gasteiger partial charge in [0.25, 0.3) is 5.91 Å². The number of amides is 2. The summed E-state index contributed by atoms with van der Waals surface area (Å²) < 4.78 is 0. The maximum Gasteiger partial charge on any atom is 0.255 e. The number of halogens is 1. The molecule has 3 aromatic rings. The number of benzene rings is 3. The van der Waals surface area contributed by atoms with E-state index in [0.717, 1.165) is 12.0 Å². The Morgan fingerprint density at radius 3 is 2.23 bits per heavy atom. The van der Waals surface area contributed by atoms with Crippen LogP contribution in [0.25, 0.3) is 0 Å². The van der Waals surface area contributed by atoms with E-state index in [4.69, 9.17) is 11.6 Å². The van der Waals surface area contributed by atoms with Crippen LogP contribution in [0.5, 0.6) is 0 Å². The molecule has 2 unspecified atom stereocenters. The zero-order valence-electron chi connectivity index (χ0n) is 17.0. The fourth-order valence-electron chi connectivity index (χ4n) is 3.44. The standard InChI is InChI=1S/C25H22ClN3O2/c1-16(28-29-25(31)23-15-22(23)18-5-3-2-4-6-18)17-9-13-21(14-10-17)27-24(30)19-7-11-20(26)12-8-19/h2-14,22-23H,15H2,1H3,(H,27,30)(H,29,31). The number of rotatable bonds is 6. The van der Waals surface area contributed by atoms with E-state index in [0.29, 0.717) is 22.0 Å². The predicted molar refractivity (Wildman–Crippen MR) is 123 cm³/mol. The van der Waals surface area contributed by atoms with Crippen LogP contribution in [0.15, 0.2) is 84.0 Å². The van der Waals surface area contributed by atoms with Crippen LogP contribution < -0.4 is 10.7 Å². The average molecular weight is 432 g/mol. The molecule has 1 saturated carbocycles. The molecule has 6 heteroatoms. The molecule has 0 aromatic heterocycles. The Morgan fingerprint density at radius 1 is 0.903 bits per heavy atom. The minimum atomic E-state index is -0.209. The summed E-state index contributed by atoms with van der Waals surface area (Å²) in [7, 11) is 0. The lowest BCUT2D eigenvalue weighted by Gasteiger charge is -2.07. The highest BCUT2D eigenvalue weighted by atomic mass is 35.5. The fraction of sp³-hybridized carbons (Fsp3) is 0.160. The summed E-state index contributed by atoms with van der Waals surface area (Å²) in [5.74, 6) is -0.0100. The topological polar surface area (TPSA) is 70.6 Å². The minimum absolute atomic E-state index is 0.0237. The summed E-state index contributed by atoms with van der Waals surface area (Å²) in [5, 5.41) is 7.68. The second kappa shape index (κ2) is 9.14. The first-order valence-corrected chi connectivity index (χ1v) is 10.5. The Bertz CT molecular complexity index is 1110. The molecule has 2 amide bonds. The van der Waals surface area contributed by atoms with Crippen LogP contribution in [0.2, 0.25) is 5.02 Å². The van der Waals surface area contributed by atoms with Gasteiger partial charge < -0.3 is 5.32 Å². The maximum atomic E-state index is 12.4. The first kappa shape index (κ1) is 20.8. The molecule has 31 heavy (non-hydrogen) atoms. The SMILES string of the molecule is CC(=NNC(=O)C1CC1c1ccccc1)c1ccc(NC(=O)c2ccc(Cl)cc2)cc1. The van der Waals surface area contributed by atoms with Crippen LogP contribution >= 0.6 is 11.6 Å². The third kappa shape index (κ3) is 5.19. The summed E-state index contributed by atoms with van der Waals surface area (Å²) in [5.41, 5.74) is 6.64. The third-order valence-corrected chi connectivity index (χ3v) is 5.61.